The molecule has 0 saturated heterocycles. The molecule has 156 valence electrons. The molecule has 0 atom stereocenters. The second kappa shape index (κ2) is 8.62. The van der Waals surface area contributed by atoms with Crippen molar-refractivity contribution in [3.63, 3.8) is 0 Å². The molecule has 4 rings (SSSR count). The van der Waals surface area contributed by atoms with Crippen LogP contribution in [0.1, 0.15) is 11.1 Å². The summed E-state index contributed by atoms with van der Waals surface area (Å²) in [5, 5.41) is 3.50. The monoisotopic (exact) mass is 436 g/mol. The molecule has 1 N–H and O–H groups in total. The second-order valence-corrected chi connectivity index (χ2v) is 7.34. The number of amides is 2. The van der Waals surface area contributed by atoms with E-state index in [4.69, 9.17) is 16.3 Å². The number of nitrogens with one attached hydrogen (secondary N) is 1. The molecule has 0 aromatic heterocycles. The fourth-order valence-corrected chi connectivity index (χ4v) is 3.57. The molecule has 7 heteroatoms. The molecule has 3 aromatic carbocycles. The molecule has 3 aromatic rings. The molecule has 0 aliphatic carbocycles. The van der Waals surface area contributed by atoms with Crippen LogP contribution in [-0.4, -0.2) is 23.8 Å². The van der Waals surface area contributed by atoms with Crippen molar-refractivity contribution in [2.45, 2.75) is 6.54 Å². The Hall–Kier alpha value is -3.64. The first kappa shape index (κ1) is 20.6. The topological polar surface area (TPSA) is 58.6 Å². The average molecular weight is 437 g/mol. The van der Waals surface area contributed by atoms with Crippen molar-refractivity contribution >= 4 is 34.7 Å². The first-order valence-electron chi connectivity index (χ1n) is 9.49. The maximum atomic E-state index is 13.3. The Balaban J connectivity index is 1.75. The number of carbonyl (C=O) groups is 2. The standard InChI is InChI=1S/C24H18ClFN2O3/c1-31-20-12-9-17(25)13-19(20)27-22-21(16-5-3-2-4-6-16)23(29)28(24(22)30)14-15-7-10-18(26)11-8-15/h2-13,27H,14H2,1H3. The van der Waals surface area contributed by atoms with Crippen molar-refractivity contribution in [1.82, 2.24) is 4.90 Å². The molecule has 2 amide bonds. The largest absolute Gasteiger partial charge is 0.495 e. The minimum atomic E-state index is -0.491. The number of halogens is 2. The van der Waals surface area contributed by atoms with Gasteiger partial charge in [0.05, 0.1) is 24.9 Å². The first-order chi connectivity index (χ1) is 15.0. The molecule has 0 fully saturated rings. The molecule has 0 bridgehead atoms. The molecule has 1 aliphatic rings. The summed E-state index contributed by atoms with van der Waals surface area (Å²) in [7, 11) is 1.50. The van der Waals surface area contributed by atoms with E-state index in [-0.39, 0.29) is 23.6 Å². The highest BCUT2D eigenvalue weighted by Gasteiger charge is 2.39. The van der Waals surface area contributed by atoms with Crippen LogP contribution in [0, 0.1) is 5.82 Å². The number of benzene rings is 3. The predicted octanol–water partition coefficient (Wildman–Crippen LogP) is 4.88. The van der Waals surface area contributed by atoms with Gasteiger partial charge in [-0.2, -0.15) is 0 Å². The van der Waals surface area contributed by atoms with Crippen molar-refractivity contribution in [3.8, 4) is 5.75 Å². The Morgan fingerprint density at radius 1 is 0.968 bits per heavy atom. The molecular weight excluding hydrogens is 419 g/mol. The number of anilines is 1. The molecule has 0 radical (unpaired) electrons. The molecular formula is C24H18ClFN2O3. The van der Waals surface area contributed by atoms with Gasteiger partial charge in [0.25, 0.3) is 11.8 Å². The minimum Gasteiger partial charge on any atom is -0.495 e. The summed E-state index contributed by atoms with van der Waals surface area (Å²) in [6.07, 6.45) is 0. The van der Waals surface area contributed by atoms with Crippen LogP contribution in [0.4, 0.5) is 10.1 Å². The highest BCUT2D eigenvalue weighted by atomic mass is 35.5. The predicted molar refractivity (Wildman–Crippen MR) is 117 cm³/mol. The fraction of sp³-hybridized carbons (Fsp3) is 0.0833. The number of carbonyl (C=O) groups excluding carboxylic acids is 2. The molecule has 0 saturated carbocycles. The Labute approximate surface area is 183 Å². The Bertz CT molecular complexity index is 1180. The van der Waals surface area contributed by atoms with Gasteiger partial charge in [-0.3, -0.25) is 14.5 Å². The zero-order valence-electron chi connectivity index (χ0n) is 16.6. The minimum absolute atomic E-state index is 0.0200. The summed E-state index contributed by atoms with van der Waals surface area (Å²) in [5.74, 6) is -0.845. The summed E-state index contributed by atoms with van der Waals surface area (Å²) in [6.45, 7) is 0.0200. The Morgan fingerprint density at radius 2 is 1.68 bits per heavy atom. The van der Waals surface area contributed by atoms with E-state index in [1.807, 2.05) is 6.07 Å². The van der Waals surface area contributed by atoms with Crippen LogP contribution >= 0.6 is 11.6 Å². The average Bonchev–Trinajstić information content (AvgIpc) is 3.00. The summed E-state index contributed by atoms with van der Waals surface area (Å²) in [5.41, 5.74) is 2.07. The molecule has 1 heterocycles. The lowest BCUT2D eigenvalue weighted by Gasteiger charge is -2.16. The molecule has 0 spiro atoms. The van der Waals surface area contributed by atoms with Crippen molar-refractivity contribution in [2.24, 2.45) is 0 Å². The van der Waals surface area contributed by atoms with Crippen LogP contribution in [-0.2, 0) is 16.1 Å². The quantitative estimate of drug-likeness (QED) is 0.559. The van der Waals surface area contributed by atoms with Crippen molar-refractivity contribution in [3.05, 3.63) is 100 Å². The highest BCUT2D eigenvalue weighted by Crippen LogP contribution is 2.35. The molecule has 31 heavy (non-hydrogen) atoms. The highest BCUT2D eigenvalue weighted by molar-refractivity contribution is 6.36. The number of nitrogens with zero attached hydrogens (tertiary/aromatic N) is 1. The summed E-state index contributed by atoms with van der Waals surface area (Å²) in [4.78, 5) is 27.7. The molecule has 5 nitrogen and oxygen atoms in total. The lowest BCUT2D eigenvalue weighted by Crippen LogP contribution is -2.32. The maximum absolute atomic E-state index is 13.3. The SMILES string of the molecule is COc1ccc(Cl)cc1NC1=C(c2ccccc2)C(=O)N(Cc2ccc(F)cc2)C1=O. The van der Waals surface area contributed by atoms with Crippen molar-refractivity contribution < 1.29 is 18.7 Å². The van der Waals surface area contributed by atoms with Gasteiger partial charge in [0.1, 0.15) is 17.3 Å². The number of hydrogen-bond donors (Lipinski definition) is 1. The summed E-state index contributed by atoms with van der Waals surface area (Å²) in [6, 6.07) is 19.6. The third-order valence-electron chi connectivity index (χ3n) is 4.91. The normalized spacial score (nSPS) is 13.7. The van der Waals surface area contributed by atoms with E-state index in [2.05, 4.69) is 5.32 Å². The van der Waals surface area contributed by atoms with Gasteiger partial charge in [-0.15, -0.1) is 0 Å². The van der Waals surface area contributed by atoms with Crippen LogP contribution in [0.3, 0.4) is 0 Å². The van der Waals surface area contributed by atoms with Gasteiger partial charge >= 0.3 is 0 Å². The fourth-order valence-electron chi connectivity index (χ4n) is 3.39. The Morgan fingerprint density at radius 3 is 2.35 bits per heavy atom. The molecule has 0 unspecified atom stereocenters. The van der Waals surface area contributed by atoms with E-state index in [0.717, 1.165) is 4.90 Å². The van der Waals surface area contributed by atoms with E-state index in [1.165, 1.54) is 19.2 Å². The van der Waals surface area contributed by atoms with Gasteiger partial charge in [-0.25, -0.2) is 4.39 Å². The van der Waals surface area contributed by atoms with Gasteiger partial charge in [0.15, 0.2) is 0 Å². The number of hydrogen-bond acceptors (Lipinski definition) is 4. The summed E-state index contributed by atoms with van der Waals surface area (Å²) >= 11 is 6.12. The van der Waals surface area contributed by atoms with Crippen LogP contribution in [0.2, 0.25) is 5.02 Å². The van der Waals surface area contributed by atoms with Crippen LogP contribution in [0.5, 0.6) is 5.75 Å². The van der Waals surface area contributed by atoms with Gasteiger partial charge in [0.2, 0.25) is 0 Å². The zero-order chi connectivity index (χ0) is 22.0. The third kappa shape index (κ3) is 4.15. The number of ether oxygens (including phenoxy) is 1. The first-order valence-corrected chi connectivity index (χ1v) is 9.86. The zero-order valence-corrected chi connectivity index (χ0v) is 17.3. The van der Waals surface area contributed by atoms with E-state index >= 15 is 0 Å². The van der Waals surface area contributed by atoms with Crippen LogP contribution < -0.4 is 10.1 Å². The Kier molecular flexibility index (Phi) is 5.73. The smallest absolute Gasteiger partial charge is 0.278 e. The van der Waals surface area contributed by atoms with Gasteiger partial charge in [-0.1, -0.05) is 54.1 Å². The molecule has 1 aliphatic heterocycles. The van der Waals surface area contributed by atoms with E-state index in [0.29, 0.717) is 27.6 Å². The van der Waals surface area contributed by atoms with Crippen molar-refractivity contribution in [1.29, 1.82) is 0 Å². The summed E-state index contributed by atoms with van der Waals surface area (Å²) < 4.78 is 18.6. The maximum Gasteiger partial charge on any atom is 0.278 e. The van der Waals surface area contributed by atoms with Crippen LogP contribution in [0.15, 0.2) is 78.5 Å². The van der Waals surface area contributed by atoms with Gasteiger partial charge in [0, 0.05) is 5.02 Å². The van der Waals surface area contributed by atoms with E-state index < -0.39 is 11.8 Å². The van der Waals surface area contributed by atoms with E-state index in [9.17, 15) is 14.0 Å². The van der Waals surface area contributed by atoms with Crippen LogP contribution in [0.25, 0.3) is 5.57 Å². The second-order valence-electron chi connectivity index (χ2n) is 6.91. The van der Waals surface area contributed by atoms with Gasteiger partial charge in [-0.05, 0) is 41.5 Å². The number of methoxy groups -OCH3 is 1. The van der Waals surface area contributed by atoms with E-state index in [1.54, 1.807) is 54.6 Å². The lowest BCUT2D eigenvalue weighted by molar-refractivity contribution is -0.137. The van der Waals surface area contributed by atoms with Crippen molar-refractivity contribution in [2.75, 3.05) is 12.4 Å². The van der Waals surface area contributed by atoms with Gasteiger partial charge < -0.3 is 10.1 Å². The lowest BCUT2D eigenvalue weighted by atomic mass is 10.0. The third-order valence-corrected chi connectivity index (χ3v) is 5.14. The number of imide groups is 1. The number of rotatable bonds is 6.